The molecule has 1 N–H and O–H groups in total. The summed E-state index contributed by atoms with van der Waals surface area (Å²) < 4.78 is 4.84. The molecule has 0 radical (unpaired) electrons. The number of carboxylic acids is 1. The van der Waals surface area contributed by atoms with Crippen LogP contribution in [-0.2, 0) is 4.74 Å². The topological polar surface area (TPSA) is 63.6 Å². The van der Waals surface area contributed by atoms with Crippen LogP contribution in [0.1, 0.15) is 38.8 Å². The number of esters is 1. The van der Waals surface area contributed by atoms with E-state index in [1.807, 2.05) is 38.1 Å². The normalized spacial score (nSPS) is 9.41. The molecule has 0 aromatic heterocycles. The Hall–Kier alpha value is -2.62. The molecule has 0 fully saturated rings. The highest BCUT2D eigenvalue weighted by atomic mass is 16.5. The first kappa shape index (κ1) is 17.4. The van der Waals surface area contributed by atoms with Gasteiger partial charge >= 0.3 is 11.9 Å². The number of carboxylic acid groups (broad SMARTS) is 1. The lowest BCUT2D eigenvalue weighted by Gasteiger charge is -2.01. The summed E-state index contributed by atoms with van der Waals surface area (Å²) in [5.41, 5.74) is 3.01. The molecule has 22 heavy (non-hydrogen) atoms. The Morgan fingerprint density at radius 2 is 1.45 bits per heavy atom. The van der Waals surface area contributed by atoms with Crippen LogP contribution in [0.3, 0.4) is 0 Å². The highest BCUT2D eigenvalue weighted by Crippen LogP contribution is 2.05. The predicted octanol–water partition coefficient (Wildman–Crippen LogP) is 3.86. The molecule has 116 valence electrons. The van der Waals surface area contributed by atoms with Gasteiger partial charge in [0.25, 0.3) is 0 Å². The van der Waals surface area contributed by atoms with Gasteiger partial charge in [0.1, 0.15) is 0 Å². The molecule has 2 aromatic carbocycles. The molecule has 4 heteroatoms. The van der Waals surface area contributed by atoms with Crippen LogP contribution in [0, 0.1) is 13.8 Å². The van der Waals surface area contributed by atoms with Crippen molar-refractivity contribution in [2.24, 2.45) is 0 Å². The van der Waals surface area contributed by atoms with Gasteiger partial charge in [-0.25, -0.2) is 9.59 Å². The summed E-state index contributed by atoms with van der Waals surface area (Å²) in [6.45, 7) is 6.04. The number of hydrogen-bond donors (Lipinski definition) is 1. The smallest absolute Gasteiger partial charge is 0.338 e. The van der Waals surface area contributed by atoms with Crippen LogP contribution in [0.15, 0.2) is 48.5 Å². The van der Waals surface area contributed by atoms with Crippen molar-refractivity contribution < 1.29 is 19.4 Å². The molecule has 2 rings (SSSR count). The average Bonchev–Trinajstić information content (AvgIpc) is 2.48. The Balaban J connectivity index is 0.000000224. The summed E-state index contributed by atoms with van der Waals surface area (Å²) in [6.07, 6.45) is 0. The Kier molecular flexibility index (Phi) is 6.83. The average molecular weight is 300 g/mol. The van der Waals surface area contributed by atoms with Crippen LogP contribution in [-0.4, -0.2) is 23.7 Å². The van der Waals surface area contributed by atoms with Gasteiger partial charge in [0.15, 0.2) is 0 Å². The zero-order valence-corrected chi connectivity index (χ0v) is 13.0. The second-order valence-corrected chi connectivity index (χ2v) is 4.76. The van der Waals surface area contributed by atoms with Crippen molar-refractivity contribution in [2.45, 2.75) is 20.8 Å². The molecular weight excluding hydrogens is 280 g/mol. The van der Waals surface area contributed by atoms with Crippen molar-refractivity contribution in [3.63, 3.8) is 0 Å². The predicted molar refractivity (Wildman–Crippen MR) is 85.3 cm³/mol. The van der Waals surface area contributed by atoms with Gasteiger partial charge in [0, 0.05) is 0 Å². The van der Waals surface area contributed by atoms with Gasteiger partial charge in [-0.2, -0.15) is 0 Å². The zero-order valence-electron chi connectivity index (χ0n) is 13.0. The molecule has 0 aliphatic rings. The zero-order chi connectivity index (χ0) is 16.5. The van der Waals surface area contributed by atoms with Crippen LogP contribution >= 0.6 is 0 Å². The molecule has 0 atom stereocenters. The van der Waals surface area contributed by atoms with Crippen LogP contribution in [0.5, 0.6) is 0 Å². The third-order valence-corrected chi connectivity index (χ3v) is 2.79. The summed E-state index contributed by atoms with van der Waals surface area (Å²) in [6, 6.07) is 14.2. The van der Waals surface area contributed by atoms with Crippen LogP contribution in [0.25, 0.3) is 0 Å². The molecule has 0 unspecified atom stereocenters. The molecule has 0 spiro atoms. The first-order chi connectivity index (χ1) is 10.4. The van der Waals surface area contributed by atoms with Crippen LogP contribution in [0.4, 0.5) is 0 Å². The molecule has 0 saturated heterocycles. The maximum Gasteiger partial charge on any atom is 0.338 e. The molecular formula is C18H20O4. The standard InChI is InChI=1S/C10H12O2.C8H8O2/c1-3-12-10(11)9-6-4-5-8(2)7-9;1-6-3-2-4-7(5-6)8(9)10/h4-7H,3H2,1-2H3;2-5H,1H3,(H,9,10). The van der Waals surface area contributed by atoms with E-state index in [1.165, 1.54) is 0 Å². The molecule has 0 saturated carbocycles. The van der Waals surface area contributed by atoms with Gasteiger partial charge in [-0.1, -0.05) is 35.4 Å². The molecule has 0 amide bonds. The molecule has 0 heterocycles. The van der Waals surface area contributed by atoms with Gasteiger partial charge in [0.05, 0.1) is 17.7 Å². The van der Waals surface area contributed by atoms with Crippen molar-refractivity contribution >= 4 is 11.9 Å². The number of carbonyl (C=O) groups is 2. The SMILES string of the molecule is CCOC(=O)c1cccc(C)c1.Cc1cccc(C(=O)O)c1. The lowest BCUT2D eigenvalue weighted by molar-refractivity contribution is 0.0525. The first-order valence-corrected chi connectivity index (χ1v) is 6.97. The maximum absolute atomic E-state index is 11.2. The van der Waals surface area contributed by atoms with E-state index in [1.54, 1.807) is 31.2 Å². The second-order valence-electron chi connectivity index (χ2n) is 4.76. The number of benzene rings is 2. The summed E-state index contributed by atoms with van der Waals surface area (Å²) in [5, 5.41) is 8.51. The Labute approximate surface area is 130 Å². The van der Waals surface area contributed by atoms with E-state index < -0.39 is 5.97 Å². The highest BCUT2D eigenvalue weighted by Gasteiger charge is 2.04. The maximum atomic E-state index is 11.2. The van der Waals surface area contributed by atoms with Gasteiger partial charge in [-0.05, 0) is 45.0 Å². The molecule has 4 nitrogen and oxygen atoms in total. The Bertz CT molecular complexity index is 647. The third-order valence-electron chi connectivity index (χ3n) is 2.79. The van der Waals surface area contributed by atoms with E-state index in [0.717, 1.165) is 11.1 Å². The fourth-order valence-electron chi connectivity index (χ4n) is 1.76. The Morgan fingerprint density at radius 1 is 0.955 bits per heavy atom. The van der Waals surface area contributed by atoms with Gasteiger partial charge in [0.2, 0.25) is 0 Å². The summed E-state index contributed by atoms with van der Waals surface area (Å²) in [7, 11) is 0. The highest BCUT2D eigenvalue weighted by molar-refractivity contribution is 5.89. The largest absolute Gasteiger partial charge is 0.478 e. The molecule has 0 bridgehead atoms. The van der Waals surface area contributed by atoms with Crippen molar-refractivity contribution in [3.05, 3.63) is 70.8 Å². The number of ether oxygens (including phenoxy) is 1. The molecule has 2 aromatic rings. The van der Waals surface area contributed by atoms with Crippen molar-refractivity contribution in [1.82, 2.24) is 0 Å². The van der Waals surface area contributed by atoms with Crippen LogP contribution < -0.4 is 0 Å². The van der Waals surface area contributed by atoms with E-state index in [0.29, 0.717) is 17.7 Å². The van der Waals surface area contributed by atoms with E-state index in [2.05, 4.69) is 0 Å². The minimum atomic E-state index is -0.872. The van der Waals surface area contributed by atoms with Crippen LogP contribution in [0.2, 0.25) is 0 Å². The van der Waals surface area contributed by atoms with Gasteiger partial charge in [-0.15, -0.1) is 0 Å². The fraction of sp³-hybridized carbons (Fsp3) is 0.222. The monoisotopic (exact) mass is 300 g/mol. The molecule has 0 aliphatic heterocycles. The van der Waals surface area contributed by atoms with Crippen molar-refractivity contribution in [1.29, 1.82) is 0 Å². The number of rotatable bonds is 3. The third kappa shape index (κ3) is 5.79. The van der Waals surface area contributed by atoms with Gasteiger partial charge < -0.3 is 9.84 Å². The minimum absolute atomic E-state index is 0.249. The van der Waals surface area contributed by atoms with E-state index in [9.17, 15) is 9.59 Å². The number of hydrogen-bond acceptors (Lipinski definition) is 3. The lowest BCUT2D eigenvalue weighted by atomic mass is 10.1. The number of carbonyl (C=O) groups excluding carboxylic acids is 1. The molecule has 0 aliphatic carbocycles. The quantitative estimate of drug-likeness (QED) is 0.874. The lowest BCUT2D eigenvalue weighted by Crippen LogP contribution is -2.04. The first-order valence-electron chi connectivity index (χ1n) is 6.97. The van der Waals surface area contributed by atoms with Crippen molar-refractivity contribution in [2.75, 3.05) is 6.61 Å². The number of aryl methyl sites for hydroxylation is 2. The summed E-state index contributed by atoms with van der Waals surface area (Å²) in [5.74, 6) is -1.12. The van der Waals surface area contributed by atoms with Gasteiger partial charge in [-0.3, -0.25) is 0 Å². The summed E-state index contributed by atoms with van der Waals surface area (Å²) >= 11 is 0. The number of aromatic carboxylic acids is 1. The van der Waals surface area contributed by atoms with E-state index in [4.69, 9.17) is 9.84 Å². The Morgan fingerprint density at radius 3 is 1.86 bits per heavy atom. The second kappa shape index (κ2) is 8.62. The summed E-state index contributed by atoms with van der Waals surface area (Å²) in [4.78, 5) is 21.5. The van der Waals surface area contributed by atoms with E-state index >= 15 is 0 Å². The fourth-order valence-corrected chi connectivity index (χ4v) is 1.76. The van der Waals surface area contributed by atoms with Crippen molar-refractivity contribution in [3.8, 4) is 0 Å². The minimum Gasteiger partial charge on any atom is -0.478 e. The van der Waals surface area contributed by atoms with E-state index in [-0.39, 0.29) is 5.97 Å².